The van der Waals surface area contributed by atoms with Gasteiger partial charge in [-0.3, -0.25) is 24.0 Å². The number of aliphatic hydroxyl groups excluding tert-OH is 17. The Bertz CT molecular complexity index is 3720. The number of carbonyl (C=O) groups excluding carboxylic acids is 5. The molecule has 34 atom stereocenters. The Labute approximate surface area is 618 Å². The molecule has 592 valence electrons. The summed E-state index contributed by atoms with van der Waals surface area (Å²) in [7, 11) is 0. The van der Waals surface area contributed by atoms with Gasteiger partial charge in [-0.2, -0.15) is 0 Å². The Morgan fingerprint density at radius 3 is 1.35 bits per heavy atom. The summed E-state index contributed by atoms with van der Waals surface area (Å²) in [6.45, 7) is 11.5. The van der Waals surface area contributed by atoms with E-state index in [0.717, 1.165) is 12.2 Å². The molecule has 11 rings (SSSR count). The molecule has 17 N–H and O–H groups in total. The molecule has 0 aromatic heterocycles. The van der Waals surface area contributed by atoms with E-state index in [1.54, 1.807) is 46.8 Å². The van der Waals surface area contributed by atoms with Gasteiger partial charge in [-0.15, -0.1) is 0 Å². The lowest BCUT2D eigenvalue weighted by atomic mass is 9.59. The maximum atomic E-state index is 15.6. The smallest absolute Gasteiger partial charge is 0.187 e. The number of ketones is 4. The number of hydrogen-bond acceptors (Lipinski definition) is 30. The van der Waals surface area contributed by atoms with Crippen molar-refractivity contribution < 1.29 is 149 Å². The van der Waals surface area contributed by atoms with Gasteiger partial charge < -0.3 is 125 Å². The third-order valence-corrected chi connectivity index (χ3v) is 25.1. The summed E-state index contributed by atoms with van der Waals surface area (Å²) in [5.41, 5.74) is -11.8. The SMILES string of the molecule is C/C1=C/C=C/C2C=C(CO[C@H]3O[C@H](CO)[C@H](O)[C@H](O)[C@H]3O)C(C)CC23OC(O)C(C3=O)C(O)/C=C/C2(C)C=C(CO)C(C)CC23OC(O)C(C3=O)C(O)/C(C)=C\C=C\C2(C)C=C(CO[C@H]3O[C@H](CO)[C@H](O)[C@H](O)[C@H]3O)C(C)CC23OC(O)C(C3=O)C(O)/C=C/C2(C)C=C(C=O)C(C)CC23OC(O)C(C3=O)C1O. The highest BCUT2D eigenvalue weighted by Gasteiger charge is 2.69. The van der Waals surface area contributed by atoms with Crippen molar-refractivity contribution >= 4 is 29.4 Å². The highest BCUT2D eigenvalue weighted by atomic mass is 16.7. The topological polar surface area (TPSA) is 503 Å². The maximum Gasteiger partial charge on any atom is 0.187 e. The number of hydrogen-bond donors (Lipinski definition) is 17. The molecular formula is C77H104O30. The molecule has 0 aromatic rings. The van der Waals surface area contributed by atoms with Crippen LogP contribution in [0.5, 0.6) is 0 Å². The van der Waals surface area contributed by atoms with Crippen molar-refractivity contribution in [1.29, 1.82) is 0 Å². The van der Waals surface area contributed by atoms with Crippen LogP contribution in [0.1, 0.15) is 88.0 Å². The van der Waals surface area contributed by atoms with Crippen molar-refractivity contribution in [3.63, 3.8) is 0 Å². The van der Waals surface area contributed by atoms with Crippen LogP contribution in [0.25, 0.3) is 0 Å². The fraction of sp³-hybridized carbons (Fsp3) is 0.675. The number of allylic oxidation sites excluding steroid dienone is 5. The number of ether oxygens (including phenoxy) is 8. The molecular weight excluding hydrogens is 1400 g/mol. The van der Waals surface area contributed by atoms with Crippen molar-refractivity contribution in [2.24, 2.45) is 69.5 Å². The largest absolute Gasteiger partial charge is 0.394 e. The van der Waals surface area contributed by atoms with Gasteiger partial charge in [0.25, 0.3) is 0 Å². The molecule has 5 aliphatic carbocycles. The van der Waals surface area contributed by atoms with Crippen LogP contribution in [-0.4, -0.2) is 283 Å². The second-order valence-electron chi connectivity index (χ2n) is 32.0. The fourth-order valence-electron chi connectivity index (χ4n) is 18.3. The standard InChI is InChI=1S/C77H104O30/c1-34-12-10-14-44-20-40(32-100-69-59(90)57(88)55(86)47(30-80)102-69)36(3)21-74(44)61(92)49(65(96)104-74)45(82)15-18-72(8)25-41(28-78)38(5)23-77(72)64(95)52(68(99)107-77)54(85)35(2)13-11-17-71(7)27-43(33-101-70-60(91)58(89)56(87)48(31-81)103-70)39(6)24-75(71)62(93)50(66(97)105-75)46(83)16-19-73(9)26-42(29-79)37(4)22-76(73)63(94)51(53(34)84)67(98)106-76/h10-20,25-27,29,36-39,44-60,65-70,78,80-91,96-99H,21-24,28,30-33H2,1-9H3/b14-10+,17-11+,18-15+,19-16+,34-12-,35-13-/t36?,37?,38?,39?,44?,45?,46?,47-,48-,49?,50?,51?,52?,53?,54?,55+,56+,57+,58+,59-,60-,65?,66?,67?,68?,69+,70+,71?,72?,73?,74?,75?,76?,77?/m1/s1. The lowest BCUT2D eigenvalue weighted by Gasteiger charge is -2.47. The van der Waals surface area contributed by atoms with E-state index in [2.05, 4.69) is 0 Å². The second kappa shape index (κ2) is 31.0. The molecule has 0 aromatic carbocycles. The van der Waals surface area contributed by atoms with Crippen molar-refractivity contribution in [3.05, 3.63) is 119 Å². The van der Waals surface area contributed by atoms with E-state index < -0.39 is 246 Å². The van der Waals surface area contributed by atoms with E-state index in [1.165, 1.54) is 88.5 Å². The average Bonchev–Trinajstić information content (AvgIpc) is 1.60. The summed E-state index contributed by atoms with van der Waals surface area (Å²) in [6.07, 6.45) is -12.7. The quantitative estimate of drug-likeness (QED) is 0.0829. The van der Waals surface area contributed by atoms with Gasteiger partial charge in [0.2, 0.25) is 0 Å². The molecule has 11 aliphatic rings. The molecule has 30 heteroatoms. The molecule has 0 saturated carbocycles. The second-order valence-corrected chi connectivity index (χ2v) is 32.0. The van der Waals surface area contributed by atoms with E-state index in [-0.39, 0.29) is 55.6 Å². The Balaban J connectivity index is 1.01. The average molecular weight is 1510 g/mol. The number of aliphatic hydroxyl groups is 17. The molecule has 4 spiro atoms. The van der Waals surface area contributed by atoms with Crippen LogP contribution >= 0.6 is 0 Å². The van der Waals surface area contributed by atoms with Crippen molar-refractivity contribution in [2.45, 2.75) is 221 Å². The number of carbonyl (C=O) groups is 5. The van der Waals surface area contributed by atoms with Gasteiger partial charge in [0.15, 0.2) is 60.9 Å². The summed E-state index contributed by atoms with van der Waals surface area (Å²) in [6, 6.07) is 0. The molecule has 8 bridgehead atoms. The Morgan fingerprint density at radius 1 is 0.458 bits per heavy atom. The number of fused-ring (bicyclic) bond motifs is 4. The van der Waals surface area contributed by atoms with Crippen LogP contribution in [0.2, 0.25) is 0 Å². The summed E-state index contributed by atoms with van der Waals surface area (Å²) < 4.78 is 48.7. The van der Waals surface area contributed by atoms with Crippen LogP contribution in [-0.2, 0) is 61.9 Å². The third kappa shape index (κ3) is 13.9. The number of Topliss-reactive ketones (excluding diaryl/α,β-unsaturated/α-hetero) is 4. The molecule has 0 amide bonds. The van der Waals surface area contributed by atoms with E-state index in [0.29, 0.717) is 23.0 Å². The highest BCUT2D eigenvalue weighted by molar-refractivity contribution is 5.97. The van der Waals surface area contributed by atoms with Gasteiger partial charge in [0.1, 0.15) is 101 Å². The molecule has 6 saturated heterocycles. The van der Waals surface area contributed by atoms with E-state index in [1.807, 2.05) is 0 Å². The monoisotopic (exact) mass is 1510 g/mol. The first kappa shape index (κ1) is 82.7. The molecule has 24 unspecified atom stereocenters. The summed E-state index contributed by atoms with van der Waals surface area (Å²) >= 11 is 0. The van der Waals surface area contributed by atoms with E-state index >= 15 is 19.2 Å². The summed E-state index contributed by atoms with van der Waals surface area (Å²) in [5.74, 6) is -14.1. The maximum absolute atomic E-state index is 15.6. The molecule has 6 fully saturated rings. The van der Waals surface area contributed by atoms with Crippen LogP contribution in [0.3, 0.4) is 0 Å². The first-order valence-electron chi connectivity index (χ1n) is 36.4. The minimum atomic E-state index is -2.10. The Hall–Kier alpha value is -5.25. The van der Waals surface area contributed by atoms with Crippen LogP contribution < -0.4 is 0 Å². The molecule has 6 heterocycles. The van der Waals surface area contributed by atoms with Gasteiger partial charge >= 0.3 is 0 Å². The van der Waals surface area contributed by atoms with Crippen LogP contribution in [0, 0.1) is 69.5 Å². The van der Waals surface area contributed by atoms with Crippen molar-refractivity contribution in [3.8, 4) is 0 Å². The van der Waals surface area contributed by atoms with Crippen LogP contribution in [0.4, 0.5) is 0 Å². The third-order valence-electron chi connectivity index (χ3n) is 25.1. The number of rotatable bonds is 10. The lowest BCUT2D eigenvalue weighted by Crippen LogP contribution is -2.59. The van der Waals surface area contributed by atoms with Crippen molar-refractivity contribution in [1.82, 2.24) is 0 Å². The predicted octanol–water partition coefficient (Wildman–Crippen LogP) is -2.02. The minimum absolute atomic E-state index is 0.0484. The molecule has 0 radical (unpaired) electrons. The zero-order valence-corrected chi connectivity index (χ0v) is 61.0. The predicted molar refractivity (Wildman–Crippen MR) is 369 cm³/mol. The number of aldehydes is 1. The highest BCUT2D eigenvalue weighted by Crippen LogP contribution is 2.59. The van der Waals surface area contributed by atoms with Gasteiger partial charge in [0.05, 0.1) is 57.5 Å². The van der Waals surface area contributed by atoms with Gasteiger partial charge in [-0.25, -0.2) is 0 Å². The fourth-order valence-corrected chi connectivity index (χ4v) is 18.3. The normalized spacial score (nSPS) is 51.4. The first-order chi connectivity index (χ1) is 50.2. The van der Waals surface area contributed by atoms with Gasteiger partial charge in [-0.05, 0) is 117 Å². The molecule has 107 heavy (non-hydrogen) atoms. The van der Waals surface area contributed by atoms with Crippen LogP contribution in [0.15, 0.2) is 119 Å². The van der Waals surface area contributed by atoms with E-state index in [9.17, 15) is 91.6 Å². The lowest BCUT2D eigenvalue weighted by molar-refractivity contribution is -0.299. The van der Waals surface area contributed by atoms with Gasteiger partial charge in [0, 0.05) is 22.2 Å². The van der Waals surface area contributed by atoms with E-state index in [4.69, 9.17) is 37.9 Å². The summed E-state index contributed by atoms with van der Waals surface area (Å²) in [5, 5.41) is 192. The summed E-state index contributed by atoms with van der Waals surface area (Å²) in [4.78, 5) is 74.8. The molecule has 30 nitrogen and oxygen atoms in total. The zero-order valence-electron chi connectivity index (χ0n) is 61.0. The minimum Gasteiger partial charge on any atom is -0.394 e. The first-order valence-corrected chi connectivity index (χ1v) is 36.4. The van der Waals surface area contributed by atoms with Crippen molar-refractivity contribution in [2.75, 3.05) is 33.0 Å². The zero-order chi connectivity index (χ0) is 78.5. The van der Waals surface area contributed by atoms with Gasteiger partial charge in [-0.1, -0.05) is 113 Å². The Kier molecular flexibility index (Phi) is 24.0. The molecule has 6 aliphatic heterocycles. The Morgan fingerprint density at radius 2 is 0.860 bits per heavy atom.